The second-order valence-electron chi connectivity index (χ2n) is 4.07. The molecule has 0 radical (unpaired) electrons. The molecule has 0 amide bonds. The molecule has 80 valence electrons. The molecule has 2 atom stereocenters. The summed E-state index contributed by atoms with van der Waals surface area (Å²) in [5, 5.41) is 17.8. The Morgan fingerprint density at radius 3 is 3.00 bits per heavy atom. The van der Waals surface area contributed by atoms with E-state index in [0.717, 1.165) is 25.9 Å². The minimum atomic E-state index is 0.0801. The average molecular weight is 196 g/mol. The molecule has 1 heterocycles. The maximum atomic E-state index is 8.95. The zero-order chi connectivity index (χ0) is 10.4. The molecule has 0 bridgehead atoms. The van der Waals surface area contributed by atoms with Gasteiger partial charge in [-0.05, 0) is 38.1 Å². The first kappa shape index (κ1) is 11.5. The van der Waals surface area contributed by atoms with Crippen LogP contribution in [0.3, 0.4) is 0 Å². The molecule has 1 rings (SSSR count). The zero-order valence-electron chi connectivity index (χ0n) is 8.95. The number of piperidine rings is 1. The molecule has 0 saturated carbocycles. The molecule has 0 aromatic rings. The van der Waals surface area contributed by atoms with E-state index < -0.39 is 0 Å². The van der Waals surface area contributed by atoms with Crippen molar-refractivity contribution in [2.75, 3.05) is 19.7 Å². The second-order valence-corrected chi connectivity index (χ2v) is 4.07. The average Bonchev–Trinajstić information content (AvgIpc) is 2.21. The minimum absolute atomic E-state index is 0.0801. The Labute approximate surface area is 86.3 Å². The van der Waals surface area contributed by atoms with Crippen LogP contribution in [-0.2, 0) is 0 Å². The predicted octanol–water partition coefficient (Wildman–Crippen LogP) is 1.38. The van der Waals surface area contributed by atoms with Crippen LogP contribution in [0.25, 0.3) is 0 Å². The van der Waals surface area contributed by atoms with Gasteiger partial charge >= 0.3 is 0 Å². The van der Waals surface area contributed by atoms with Crippen LogP contribution < -0.4 is 0 Å². The summed E-state index contributed by atoms with van der Waals surface area (Å²) in [7, 11) is 0. The third kappa shape index (κ3) is 2.97. The van der Waals surface area contributed by atoms with Gasteiger partial charge in [-0.25, -0.2) is 0 Å². The van der Waals surface area contributed by atoms with Crippen molar-refractivity contribution < 1.29 is 5.11 Å². The van der Waals surface area contributed by atoms with E-state index in [4.69, 9.17) is 10.4 Å². The molecule has 1 fully saturated rings. The van der Waals surface area contributed by atoms with Crippen LogP contribution in [0.1, 0.15) is 32.6 Å². The number of rotatable bonds is 4. The van der Waals surface area contributed by atoms with E-state index in [1.807, 2.05) is 0 Å². The largest absolute Gasteiger partial charge is 0.396 e. The number of aliphatic hydroxyl groups is 1. The molecule has 0 aliphatic carbocycles. The summed E-state index contributed by atoms with van der Waals surface area (Å²) in [6, 6.07) is 2.43. The SMILES string of the molecule is CCC(C#N)N1CCCC(CCO)C1. The summed E-state index contributed by atoms with van der Waals surface area (Å²) in [4.78, 5) is 2.27. The van der Waals surface area contributed by atoms with Crippen molar-refractivity contribution in [2.45, 2.75) is 38.6 Å². The summed E-state index contributed by atoms with van der Waals surface area (Å²) in [5.74, 6) is 0.594. The number of likely N-dealkylation sites (tertiary alicyclic amines) is 1. The summed E-state index contributed by atoms with van der Waals surface area (Å²) < 4.78 is 0. The van der Waals surface area contributed by atoms with Crippen LogP contribution in [0, 0.1) is 17.2 Å². The molecule has 1 N–H and O–H groups in total. The fourth-order valence-electron chi connectivity index (χ4n) is 2.23. The lowest BCUT2D eigenvalue weighted by Crippen LogP contribution is -2.42. The van der Waals surface area contributed by atoms with E-state index in [1.165, 1.54) is 12.8 Å². The fourth-order valence-corrected chi connectivity index (χ4v) is 2.23. The molecule has 1 aliphatic rings. The van der Waals surface area contributed by atoms with Crippen molar-refractivity contribution in [3.63, 3.8) is 0 Å². The lowest BCUT2D eigenvalue weighted by atomic mass is 9.94. The van der Waals surface area contributed by atoms with Crippen molar-refractivity contribution in [1.82, 2.24) is 4.90 Å². The molecule has 3 nitrogen and oxygen atoms in total. The molecular formula is C11H20N2O. The highest BCUT2D eigenvalue weighted by Crippen LogP contribution is 2.21. The van der Waals surface area contributed by atoms with Crippen LogP contribution in [-0.4, -0.2) is 35.7 Å². The fraction of sp³-hybridized carbons (Fsp3) is 0.909. The van der Waals surface area contributed by atoms with Gasteiger partial charge in [0.05, 0.1) is 12.1 Å². The number of hydrogen-bond donors (Lipinski definition) is 1. The Morgan fingerprint density at radius 1 is 1.64 bits per heavy atom. The molecule has 0 aromatic heterocycles. The van der Waals surface area contributed by atoms with Gasteiger partial charge in [0.2, 0.25) is 0 Å². The summed E-state index contributed by atoms with van der Waals surface area (Å²) in [6.07, 6.45) is 4.17. The zero-order valence-corrected chi connectivity index (χ0v) is 8.95. The molecule has 1 aliphatic heterocycles. The monoisotopic (exact) mass is 196 g/mol. The van der Waals surface area contributed by atoms with Crippen molar-refractivity contribution in [3.8, 4) is 6.07 Å². The lowest BCUT2D eigenvalue weighted by molar-refractivity contribution is 0.126. The number of aliphatic hydroxyl groups excluding tert-OH is 1. The van der Waals surface area contributed by atoms with E-state index in [2.05, 4.69) is 17.9 Å². The highest BCUT2D eigenvalue weighted by Gasteiger charge is 2.24. The Hall–Kier alpha value is -0.590. The van der Waals surface area contributed by atoms with Crippen LogP contribution in [0.5, 0.6) is 0 Å². The van der Waals surface area contributed by atoms with Crippen LogP contribution in [0.2, 0.25) is 0 Å². The van der Waals surface area contributed by atoms with Crippen LogP contribution in [0.15, 0.2) is 0 Å². The molecule has 14 heavy (non-hydrogen) atoms. The second kappa shape index (κ2) is 6.00. The van der Waals surface area contributed by atoms with Crippen molar-refractivity contribution >= 4 is 0 Å². The Morgan fingerprint density at radius 2 is 2.43 bits per heavy atom. The first-order valence-corrected chi connectivity index (χ1v) is 5.56. The topological polar surface area (TPSA) is 47.3 Å². The Balaban J connectivity index is 2.43. The maximum Gasteiger partial charge on any atom is 0.0975 e. The van der Waals surface area contributed by atoms with Gasteiger partial charge in [0.1, 0.15) is 0 Å². The van der Waals surface area contributed by atoms with Gasteiger partial charge in [0.15, 0.2) is 0 Å². The smallest absolute Gasteiger partial charge is 0.0975 e. The van der Waals surface area contributed by atoms with Gasteiger partial charge in [0, 0.05) is 13.2 Å². The van der Waals surface area contributed by atoms with Gasteiger partial charge in [-0.1, -0.05) is 6.92 Å². The molecule has 0 aromatic carbocycles. The standard InChI is InChI=1S/C11H20N2O/c1-2-11(8-12)13-6-3-4-10(9-13)5-7-14/h10-11,14H,2-7,9H2,1H3. The first-order chi connectivity index (χ1) is 6.81. The number of nitrogens with zero attached hydrogens (tertiary/aromatic N) is 2. The molecule has 2 unspecified atom stereocenters. The van der Waals surface area contributed by atoms with E-state index in [-0.39, 0.29) is 12.6 Å². The van der Waals surface area contributed by atoms with Gasteiger partial charge in [-0.2, -0.15) is 5.26 Å². The highest BCUT2D eigenvalue weighted by atomic mass is 16.3. The van der Waals surface area contributed by atoms with E-state index in [9.17, 15) is 0 Å². The Bertz CT molecular complexity index is 198. The lowest BCUT2D eigenvalue weighted by Gasteiger charge is -2.34. The molecule has 3 heteroatoms. The summed E-state index contributed by atoms with van der Waals surface area (Å²) >= 11 is 0. The van der Waals surface area contributed by atoms with Crippen LogP contribution in [0.4, 0.5) is 0 Å². The third-order valence-corrected chi connectivity index (χ3v) is 3.06. The molecule has 1 saturated heterocycles. The van der Waals surface area contributed by atoms with Crippen LogP contribution >= 0.6 is 0 Å². The van der Waals surface area contributed by atoms with Crippen molar-refractivity contribution in [2.24, 2.45) is 5.92 Å². The molecule has 0 spiro atoms. The summed E-state index contributed by atoms with van der Waals surface area (Å²) in [6.45, 7) is 4.38. The van der Waals surface area contributed by atoms with Gasteiger partial charge in [-0.15, -0.1) is 0 Å². The van der Waals surface area contributed by atoms with Crippen molar-refractivity contribution in [3.05, 3.63) is 0 Å². The number of hydrogen-bond acceptors (Lipinski definition) is 3. The minimum Gasteiger partial charge on any atom is -0.396 e. The quantitative estimate of drug-likeness (QED) is 0.739. The van der Waals surface area contributed by atoms with Crippen molar-refractivity contribution in [1.29, 1.82) is 5.26 Å². The highest BCUT2D eigenvalue weighted by molar-refractivity contribution is 4.92. The predicted molar refractivity (Wildman–Crippen MR) is 55.7 cm³/mol. The Kier molecular flexibility index (Phi) is 4.92. The van der Waals surface area contributed by atoms with Gasteiger partial charge < -0.3 is 5.11 Å². The van der Waals surface area contributed by atoms with Gasteiger partial charge in [0.25, 0.3) is 0 Å². The maximum absolute atomic E-state index is 8.95. The third-order valence-electron chi connectivity index (χ3n) is 3.06. The molecular weight excluding hydrogens is 176 g/mol. The van der Waals surface area contributed by atoms with E-state index in [0.29, 0.717) is 5.92 Å². The van der Waals surface area contributed by atoms with E-state index in [1.54, 1.807) is 0 Å². The normalized spacial score (nSPS) is 25.6. The van der Waals surface area contributed by atoms with E-state index >= 15 is 0 Å². The first-order valence-electron chi connectivity index (χ1n) is 5.56. The van der Waals surface area contributed by atoms with Gasteiger partial charge in [-0.3, -0.25) is 4.90 Å². The summed E-state index contributed by atoms with van der Waals surface area (Å²) in [5.41, 5.74) is 0. The number of nitriles is 1.